The summed E-state index contributed by atoms with van der Waals surface area (Å²) in [6.07, 6.45) is 1.34. The minimum absolute atomic E-state index is 0.0954. The highest BCUT2D eigenvalue weighted by Gasteiger charge is 2.33. The Morgan fingerprint density at radius 1 is 1.12 bits per heavy atom. The fourth-order valence-corrected chi connectivity index (χ4v) is 4.12. The molecule has 0 radical (unpaired) electrons. The Bertz CT molecular complexity index is 938. The zero-order chi connectivity index (χ0) is 18.2. The summed E-state index contributed by atoms with van der Waals surface area (Å²) in [6, 6.07) is 7.86. The molecule has 0 unspecified atom stereocenters. The third kappa shape index (κ3) is 3.57. The molecule has 0 bridgehead atoms. The van der Waals surface area contributed by atoms with Crippen molar-refractivity contribution in [3.63, 3.8) is 0 Å². The van der Waals surface area contributed by atoms with Crippen molar-refractivity contribution in [1.29, 1.82) is 0 Å². The molecule has 4 nitrogen and oxygen atoms in total. The molecule has 0 spiro atoms. The minimum atomic E-state index is -3.47. The lowest BCUT2D eigenvalue weighted by molar-refractivity contribution is 0.0979. The molecule has 130 valence electrons. The minimum Gasteiger partial charge on any atom is -0.300 e. The van der Waals surface area contributed by atoms with E-state index in [1.165, 1.54) is 30.3 Å². The predicted molar refractivity (Wildman–Crippen MR) is 91.3 cm³/mol. The van der Waals surface area contributed by atoms with Crippen LogP contribution in [0.5, 0.6) is 0 Å². The highest BCUT2D eigenvalue weighted by atomic mass is 35.5. The van der Waals surface area contributed by atoms with Crippen LogP contribution in [-0.4, -0.2) is 26.1 Å². The number of sulfone groups is 1. The summed E-state index contributed by atoms with van der Waals surface area (Å²) in [5, 5.41) is 0.909. The Balaban J connectivity index is 2.10. The van der Waals surface area contributed by atoms with Crippen LogP contribution in [0.2, 0.25) is 5.02 Å². The third-order valence-corrected chi connectivity index (χ3v) is 5.44. The molecule has 1 heterocycles. The van der Waals surface area contributed by atoms with E-state index in [0.29, 0.717) is 0 Å². The number of benzene rings is 2. The maximum Gasteiger partial charge on any atom is 0.263 e. The van der Waals surface area contributed by atoms with E-state index in [0.717, 1.165) is 28.5 Å². The van der Waals surface area contributed by atoms with Crippen LogP contribution in [0.15, 0.2) is 53.9 Å². The molecule has 0 saturated heterocycles. The summed E-state index contributed by atoms with van der Waals surface area (Å²) in [5.74, 6) is -2.49. The zero-order valence-corrected chi connectivity index (χ0v) is 14.3. The normalized spacial score (nSPS) is 18.3. The molecule has 1 atom stereocenters. The van der Waals surface area contributed by atoms with Gasteiger partial charge in [0.25, 0.3) is 5.91 Å². The largest absolute Gasteiger partial charge is 0.300 e. The van der Waals surface area contributed by atoms with Gasteiger partial charge in [-0.2, -0.15) is 0 Å². The maximum absolute atomic E-state index is 14.2. The quantitative estimate of drug-likeness (QED) is 0.814. The van der Waals surface area contributed by atoms with Crippen LogP contribution in [0.25, 0.3) is 0 Å². The molecule has 0 aromatic heterocycles. The summed E-state index contributed by atoms with van der Waals surface area (Å²) in [6.45, 7) is 0. The second kappa shape index (κ2) is 6.57. The number of halogens is 3. The summed E-state index contributed by atoms with van der Waals surface area (Å²) in [7, 11) is -3.47. The van der Waals surface area contributed by atoms with Gasteiger partial charge in [-0.1, -0.05) is 17.7 Å². The van der Waals surface area contributed by atoms with Gasteiger partial charge in [-0.05, 0) is 42.5 Å². The molecule has 8 heteroatoms. The van der Waals surface area contributed by atoms with Gasteiger partial charge in [0.05, 0.1) is 22.4 Å². The van der Waals surface area contributed by atoms with Crippen LogP contribution in [0, 0.1) is 11.6 Å². The van der Waals surface area contributed by atoms with Gasteiger partial charge in [-0.25, -0.2) is 17.2 Å². The van der Waals surface area contributed by atoms with Gasteiger partial charge >= 0.3 is 0 Å². The Morgan fingerprint density at radius 2 is 1.80 bits per heavy atom. The van der Waals surface area contributed by atoms with Crippen molar-refractivity contribution in [2.24, 2.45) is 0 Å². The van der Waals surface area contributed by atoms with Crippen molar-refractivity contribution in [2.45, 2.75) is 6.04 Å². The van der Waals surface area contributed by atoms with E-state index < -0.39 is 33.4 Å². The number of rotatable bonds is 3. The first-order chi connectivity index (χ1) is 11.8. The Kier molecular flexibility index (Phi) is 4.62. The van der Waals surface area contributed by atoms with Crippen molar-refractivity contribution in [2.75, 3.05) is 10.7 Å². The van der Waals surface area contributed by atoms with E-state index in [4.69, 9.17) is 11.6 Å². The number of amides is 1. The SMILES string of the molecule is O=C(c1c(F)cccc1Cl)N(c1ccc(F)cc1)[C@@H]1C=CS(=O)(=O)C1. The zero-order valence-electron chi connectivity index (χ0n) is 12.7. The number of nitrogens with zero attached hydrogens (tertiary/aromatic N) is 1. The second-order valence-corrected chi connectivity index (χ2v) is 7.81. The van der Waals surface area contributed by atoms with Gasteiger partial charge < -0.3 is 4.90 Å². The molecule has 0 aliphatic carbocycles. The highest BCUT2D eigenvalue weighted by molar-refractivity contribution is 7.94. The molecule has 0 N–H and O–H groups in total. The second-order valence-electron chi connectivity index (χ2n) is 5.47. The fourth-order valence-electron chi connectivity index (χ4n) is 2.60. The summed E-state index contributed by atoms with van der Waals surface area (Å²) in [5.41, 5.74) is -0.136. The van der Waals surface area contributed by atoms with Crippen LogP contribution in [-0.2, 0) is 9.84 Å². The van der Waals surface area contributed by atoms with E-state index in [-0.39, 0.29) is 22.0 Å². The number of hydrogen-bond donors (Lipinski definition) is 0. The Labute approximate surface area is 148 Å². The topological polar surface area (TPSA) is 54.5 Å². The first-order valence-electron chi connectivity index (χ1n) is 7.22. The average molecular weight is 384 g/mol. The van der Waals surface area contributed by atoms with Crippen LogP contribution in [0.3, 0.4) is 0 Å². The van der Waals surface area contributed by atoms with Gasteiger partial charge in [-0.3, -0.25) is 4.79 Å². The van der Waals surface area contributed by atoms with Crippen molar-refractivity contribution in [1.82, 2.24) is 0 Å². The Hall–Kier alpha value is -2.25. The first kappa shape index (κ1) is 17.6. The summed E-state index contributed by atoms with van der Waals surface area (Å²) < 4.78 is 50.8. The third-order valence-electron chi connectivity index (χ3n) is 3.74. The van der Waals surface area contributed by atoms with Gasteiger partial charge in [0.2, 0.25) is 0 Å². The van der Waals surface area contributed by atoms with E-state index in [2.05, 4.69) is 0 Å². The number of carbonyl (C=O) groups is 1. The molecule has 2 aromatic rings. The average Bonchev–Trinajstić information content (AvgIpc) is 2.89. The summed E-state index contributed by atoms with van der Waals surface area (Å²) >= 11 is 5.96. The van der Waals surface area contributed by atoms with Crippen molar-refractivity contribution >= 4 is 33.0 Å². The number of hydrogen-bond acceptors (Lipinski definition) is 3. The molecule has 25 heavy (non-hydrogen) atoms. The molecule has 1 amide bonds. The predicted octanol–water partition coefficient (Wildman–Crippen LogP) is 3.58. The molecular weight excluding hydrogens is 372 g/mol. The number of carbonyl (C=O) groups excluding carboxylic acids is 1. The molecule has 0 fully saturated rings. The van der Waals surface area contributed by atoms with Gasteiger partial charge in [0.15, 0.2) is 9.84 Å². The van der Waals surface area contributed by atoms with Crippen LogP contribution in [0.4, 0.5) is 14.5 Å². The summed E-state index contributed by atoms with van der Waals surface area (Å²) in [4.78, 5) is 14.1. The van der Waals surface area contributed by atoms with Gasteiger partial charge in [0.1, 0.15) is 11.6 Å². The Morgan fingerprint density at radius 3 is 2.36 bits per heavy atom. The van der Waals surface area contributed by atoms with Gasteiger partial charge in [-0.15, -0.1) is 0 Å². The van der Waals surface area contributed by atoms with Crippen molar-refractivity contribution < 1.29 is 22.0 Å². The van der Waals surface area contributed by atoms with Gasteiger partial charge in [0, 0.05) is 11.1 Å². The van der Waals surface area contributed by atoms with E-state index >= 15 is 0 Å². The van der Waals surface area contributed by atoms with Crippen LogP contribution >= 0.6 is 11.6 Å². The fraction of sp³-hybridized carbons (Fsp3) is 0.118. The van der Waals surface area contributed by atoms with E-state index in [9.17, 15) is 22.0 Å². The lowest BCUT2D eigenvalue weighted by Crippen LogP contribution is -2.41. The van der Waals surface area contributed by atoms with E-state index in [1.54, 1.807) is 0 Å². The number of anilines is 1. The monoisotopic (exact) mass is 383 g/mol. The smallest absolute Gasteiger partial charge is 0.263 e. The molecule has 3 rings (SSSR count). The van der Waals surface area contributed by atoms with Crippen LogP contribution < -0.4 is 4.90 Å². The van der Waals surface area contributed by atoms with E-state index in [1.807, 2.05) is 0 Å². The van der Waals surface area contributed by atoms with Crippen molar-refractivity contribution in [3.8, 4) is 0 Å². The molecule has 1 aliphatic rings. The highest BCUT2D eigenvalue weighted by Crippen LogP contribution is 2.28. The molecular formula is C17H12ClF2NO3S. The lowest BCUT2D eigenvalue weighted by atomic mass is 10.1. The standard InChI is InChI=1S/C17H12ClF2NO3S/c18-14-2-1-3-15(20)16(14)17(22)21(12-6-4-11(19)5-7-12)13-8-9-25(23,24)10-13/h1-9,13H,10H2/t13-/m1/s1. The molecule has 0 saturated carbocycles. The lowest BCUT2D eigenvalue weighted by Gasteiger charge is -2.28. The molecule has 2 aromatic carbocycles. The van der Waals surface area contributed by atoms with Crippen molar-refractivity contribution in [3.05, 3.63) is 76.2 Å². The maximum atomic E-state index is 14.2. The first-order valence-corrected chi connectivity index (χ1v) is 9.32. The van der Waals surface area contributed by atoms with Crippen LogP contribution in [0.1, 0.15) is 10.4 Å². The molecule has 1 aliphatic heterocycles.